The molecule has 2 heteroatoms. The highest BCUT2D eigenvalue weighted by molar-refractivity contribution is 6.09. The fraction of sp³-hybridized carbons (Fsp3) is 0.0968. The molecule has 0 unspecified atom stereocenters. The first-order valence-electron chi connectivity index (χ1n) is 11.0. The fourth-order valence-corrected chi connectivity index (χ4v) is 4.31. The lowest BCUT2D eigenvalue weighted by Crippen LogP contribution is -1.91. The molecule has 33 heavy (non-hydrogen) atoms. The van der Waals surface area contributed by atoms with E-state index in [9.17, 15) is 0 Å². The standard InChI is InChI=1S/C31H24O2/c1-32-27-18-16-24(17-19-27)29-12-5-3-8-22(29)10-7-11-25-20-28(33-2)21-26-15-14-23-9-4-6-13-30(23)31(25)26/h3-6,8-9,12-21H,11H2,1-2H3. The van der Waals surface area contributed by atoms with Crippen LogP contribution in [0.15, 0.2) is 97.1 Å². The van der Waals surface area contributed by atoms with E-state index in [2.05, 4.69) is 84.6 Å². The lowest BCUT2D eigenvalue weighted by molar-refractivity contribution is 0.415. The van der Waals surface area contributed by atoms with Crippen molar-refractivity contribution < 1.29 is 9.47 Å². The summed E-state index contributed by atoms with van der Waals surface area (Å²) >= 11 is 0. The van der Waals surface area contributed by atoms with Crippen molar-refractivity contribution in [2.45, 2.75) is 6.42 Å². The van der Waals surface area contributed by atoms with Gasteiger partial charge in [-0.3, -0.25) is 0 Å². The van der Waals surface area contributed by atoms with Crippen LogP contribution in [0.5, 0.6) is 11.5 Å². The molecule has 0 saturated heterocycles. The lowest BCUT2D eigenvalue weighted by Gasteiger charge is -2.11. The smallest absolute Gasteiger partial charge is 0.119 e. The first kappa shape index (κ1) is 20.7. The molecule has 0 spiro atoms. The molecule has 0 fully saturated rings. The molecule has 5 rings (SSSR count). The largest absolute Gasteiger partial charge is 0.497 e. The van der Waals surface area contributed by atoms with Gasteiger partial charge in [0.25, 0.3) is 0 Å². The quantitative estimate of drug-likeness (QED) is 0.221. The summed E-state index contributed by atoms with van der Waals surface area (Å²) in [6.07, 6.45) is 0.638. The molecule has 0 bridgehead atoms. The van der Waals surface area contributed by atoms with E-state index in [1.54, 1.807) is 14.2 Å². The summed E-state index contributed by atoms with van der Waals surface area (Å²) in [7, 11) is 3.39. The van der Waals surface area contributed by atoms with Crippen LogP contribution in [0.1, 0.15) is 11.1 Å². The Morgan fingerprint density at radius 2 is 1.39 bits per heavy atom. The SMILES string of the molecule is COc1ccc(-c2ccccc2C#CCc2cc(OC)cc3ccc4ccccc4c23)cc1. The Hall–Kier alpha value is -4.22. The van der Waals surface area contributed by atoms with Gasteiger partial charge in [0.1, 0.15) is 11.5 Å². The molecule has 5 aromatic rings. The average molecular weight is 429 g/mol. The minimum absolute atomic E-state index is 0.638. The molecule has 0 N–H and O–H groups in total. The van der Waals surface area contributed by atoms with Crippen molar-refractivity contribution in [2.75, 3.05) is 14.2 Å². The second-order valence-electron chi connectivity index (χ2n) is 7.92. The van der Waals surface area contributed by atoms with Crippen LogP contribution < -0.4 is 9.47 Å². The summed E-state index contributed by atoms with van der Waals surface area (Å²) in [6, 6.07) is 33.4. The van der Waals surface area contributed by atoms with E-state index in [1.165, 1.54) is 27.1 Å². The maximum atomic E-state index is 5.58. The Morgan fingerprint density at radius 1 is 0.667 bits per heavy atom. The van der Waals surface area contributed by atoms with Gasteiger partial charge in [0.05, 0.1) is 14.2 Å². The first-order chi connectivity index (χ1) is 16.3. The molecule has 0 amide bonds. The van der Waals surface area contributed by atoms with Gasteiger partial charge < -0.3 is 9.47 Å². The zero-order chi connectivity index (χ0) is 22.6. The summed E-state index contributed by atoms with van der Waals surface area (Å²) in [5.41, 5.74) is 4.43. The number of benzene rings is 5. The van der Waals surface area contributed by atoms with Gasteiger partial charge in [0.15, 0.2) is 0 Å². The molecule has 0 aliphatic carbocycles. The van der Waals surface area contributed by atoms with Crippen LogP contribution >= 0.6 is 0 Å². The summed E-state index contributed by atoms with van der Waals surface area (Å²) in [5, 5.41) is 4.89. The number of methoxy groups -OCH3 is 2. The van der Waals surface area contributed by atoms with Gasteiger partial charge in [-0.2, -0.15) is 0 Å². The van der Waals surface area contributed by atoms with Crippen molar-refractivity contribution in [3.8, 4) is 34.5 Å². The Kier molecular flexibility index (Phi) is 5.70. The Labute approximate surface area is 194 Å². The van der Waals surface area contributed by atoms with Gasteiger partial charge in [-0.25, -0.2) is 0 Å². The van der Waals surface area contributed by atoms with E-state index in [1.807, 2.05) is 24.3 Å². The number of fused-ring (bicyclic) bond motifs is 3. The number of ether oxygens (including phenoxy) is 2. The zero-order valence-corrected chi connectivity index (χ0v) is 18.8. The van der Waals surface area contributed by atoms with Gasteiger partial charge in [0, 0.05) is 12.0 Å². The molecule has 2 nitrogen and oxygen atoms in total. The monoisotopic (exact) mass is 428 g/mol. The Morgan fingerprint density at radius 3 is 2.21 bits per heavy atom. The van der Waals surface area contributed by atoms with E-state index in [0.29, 0.717) is 6.42 Å². The van der Waals surface area contributed by atoms with Gasteiger partial charge in [0.2, 0.25) is 0 Å². The average Bonchev–Trinajstić information content (AvgIpc) is 2.88. The predicted molar refractivity (Wildman–Crippen MR) is 137 cm³/mol. The second kappa shape index (κ2) is 9.10. The summed E-state index contributed by atoms with van der Waals surface area (Å²) in [4.78, 5) is 0. The Bertz CT molecular complexity index is 1500. The molecule has 0 aliphatic rings. The third-order valence-corrected chi connectivity index (χ3v) is 5.96. The highest BCUT2D eigenvalue weighted by Crippen LogP contribution is 2.32. The molecule has 0 radical (unpaired) electrons. The van der Waals surface area contributed by atoms with Gasteiger partial charge in [-0.05, 0) is 68.6 Å². The maximum absolute atomic E-state index is 5.58. The van der Waals surface area contributed by atoms with Gasteiger partial charge in [-0.1, -0.05) is 78.6 Å². The van der Waals surface area contributed by atoms with E-state index >= 15 is 0 Å². The summed E-state index contributed by atoms with van der Waals surface area (Å²) in [5.74, 6) is 8.55. The molecular formula is C31H24O2. The van der Waals surface area contributed by atoms with Crippen molar-refractivity contribution in [1.29, 1.82) is 0 Å². The maximum Gasteiger partial charge on any atom is 0.119 e. The van der Waals surface area contributed by atoms with E-state index < -0.39 is 0 Å². The molecular weight excluding hydrogens is 404 g/mol. The highest BCUT2D eigenvalue weighted by Gasteiger charge is 2.08. The van der Waals surface area contributed by atoms with Crippen LogP contribution in [0.2, 0.25) is 0 Å². The minimum Gasteiger partial charge on any atom is -0.497 e. The lowest BCUT2D eigenvalue weighted by atomic mass is 9.95. The first-order valence-corrected chi connectivity index (χ1v) is 11.0. The second-order valence-corrected chi connectivity index (χ2v) is 7.92. The number of hydrogen-bond acceptors (Lipinski definition) is 2. The van der Waals surface area contributed by atoms with Crippen LogP contribution in [0.4, 0.5) is 0 Å². The molecule has 0 atom stereocenters. The molecule has 0 saturated carbocycles. The fourth-order valence-electron chi connectivity index (χ4n) is 4.31. The molecule has 0 aliphatic heterocycles. The van der Waals surface area contributed by atoms with Crippen molar-refractivity contribution in [1.82, 2.24) is 0 Å². The van der Waals surface area contributed by atoms with Crippen molar-refractivity contribution in [2.24, 2.45) is 0 Å². The number of rotatable bonds is 4. The third kappa shape index (κ3) is 4.14. The van der Waals surface area contributed by atoms with Crippen molar-refractivity contribution in [3.63, 3.8) is 0 Å². The topological polar surface area (TPSA) is 18.5 Å². The van der Waals surface area contributed by atoms with Gasteiger partial charge >= 0.3 is 0 Å². The molecule has 160 valence electrons. The van der Waals surface area contributed by atoms with Crippen molar-refractivity contribution in [3.05, 3.63) is 108 Å². The van der Waals surface area contributed by atoms with Crippen LogP contribution in [0, 0.1) is 11.8 Å². The highest BCUT2D eigenvalue weighted by atomic mass is 16.5. The normalized spacial score (nSPS) is 10.6. The van der Waals surface area contributed by atoms with Crippen LogP contribution in [-0.2, 0) is 6.42 Å². The van der Waals surface area contributed by atoms with E-state index in [0.717, 1.165) is 28.2 Å². The third-order valence-electron chi connectivity index (χ3n) is 5.96. The number of hydrogen-bond donors (Lipinski definition) is 0. The minimum atomic E-state index is 0.638. The van der Waals surface area contributed by atoms with Gasteiger partial charge in [-0.15, -0.1) is 0 Å². The molecule has 5 aromatic carbocycles. The van der Waals surface area contributed by atoms with E-state index in [4.69, 9.17) is 9.47 Å². The predicted octanol–water partition coefficient (Wildman–Crippen LogP) is 7.27. The summed E-state index contributed by atoms with van der Waals surface area (Å²) < 4.78 is 10.9. The van der Waals surface area contributed by atoms with Crippen LogP contribution in [0.25, 0.3) is 32.7 Å². The van der Waals surface area contributed by atoms with Crippen LogP contribution in [0.3, 0.4) is 0 Å². The molecule has 0 aromatic heterocycles. The van der Waals surface area contributed by atoms with Crippen molar-refractivity contribution >= 4 is 21.5 Å². The van der Waals surface area contributed by atoms with E-state index in [-0.39, 0.29) is 0 Å². The Balaban J connectivity index is 1.56. The van der Waals surface area contributed by atoms with Crippen LogP contribution in [-0.4, -0.2) is 14.2 Å². The molecule has 0 heterocycles. The zero-order valence-electron chi connectivity index (χ0n) is 18.8. The summed E-state index contributed by atoms with van der Waals surface area (Å²) in [6.45, 7) is 0.